The van der Waals surface area contributed by atoms with Gasteiger partial charge in [0.05, 0.1) is 5.56 Å². The van der Waals surface area contributed by atoms with Gasteiger partial charge in [0.2, 0.25) is 0 Å². The van der Waals surface area contributed by atoms with E-state index >= 15 is 0 Å². The molecule has 1 aliphatic heterocycles. The van der Waals surface area contributed by atoms with Crippen molar-refractivity contribution < 1.29 is 14.3 Å². The van der Waals surface area contributed by atoms with Gasteiger partial charge >= 0.3 is 0 Å². The highest BCUT2D eigenvalue weighted by atomic mass is 16.6. The molecule has 0 bridgehead atoms. The van der Waals surface area contributed by atoms with E-state index in [0.29, 0.717) is 17.9 Å². The predicted octanol–water partition coefficient (Wildman–Crippen LogP) is 4.90. The standard InChI is InChI=1S/C23H20O3/c1-16-11-13-18(14-12-16)22-23(26-22)21(24)19-9-5-6-10-20(19)25-15-17-7-3-2-4-8-17/h2-14,22-23H,15H2,1H3/t22-,23-/m1/s1. The number of Topliss-reactive ketones (excluding diaryl/α,β-unsaturated/α-hetero) is 1. The minimum Gasteiger partial charge on any atom is -0.488 e. The first-order valence-electron chi connectivity index (χ1n) is 8.74. The maximum atomic E-state index is 12.9. The first kappa shape index (κ1) is 16.6. The summed E-state index contributed by atoms with van der Waals surface area (Å²) < 4.78 is 11.6. The third-order valence-electron chi connectivity index (χ3n) is 4.55. The lowest BCUT2D eigenvalue weighted by Gasteiger charge is -2.10. The topological polar surface area (TPSA) is 38.8 Å². The normalized spacial score (nSPS) is 18.3. The molecular formula is C23H20O3. The van der Waals surface area contributed by atoms with Gasteiger partial charge in [-0.05, 0) is 30.2 Å². The molecule has 26 heavy (non-hydrogen) atoms. The zero-order valence-corrected chi connectivity index (χ0v) is 14.6. The van der Waals surface area contributed by atoms with Gasteiger partial charge in [0, 0.05) is 0 Å². The lowest BCUT2D eigenvalue weighted by molar-refractivity contribution is 0.0949. The number of carbonyl (C=O) groups excluding carboxylic acids is 1. The molecule has 0 saturated carbocycles. The number of ketones is 1. The van der Waals surface area contributed by atoms with Crippen LogP contribution in [0.5, 0.6) is 5.75 Å². The van der Waals surface area contributed by atoms with Crippen molar-refractivity contribution in [3.8, 4) is 5.75 Å². The van der Waals surface area contributed by atoms with Crippen LogP contribution in [0.15, 0.2) is 78.9 Å². The second-order valence-electron chi connectivity index (χ2n) is 6.52. The molecule has 0 aromatic heterocycles. The highest BCUT2D eigenvalue weighted by molar-refractivity contribution is 6.03. The molecule has 3 heteroatoms. The van der Waals surface area contributed by atoms with Crippen LogP contribution in [0.4, 0.5) is 0 Å². The van der Waals surface area contributed by atoms with Crippen LogP contribution in [0.2, 0.25) is 0 Å². The van der Waals surface area contributed by atoms with E-state index in [1.807, 2.05) is 79.7 Å². The van der Waals surface area contributed by atoms with Crippen molar-refractivity contribution >= 4 is 5.78 Å². The minimum absolute atomic E-state index is 0.0285. The van der Waals surface area contributed by atoms with Crippen LogP contribution in [0.1, 0.15) is 33.2 Å². The average molecular weight is 344 g/mol. The number of rotatable bonds is 6. The Morgan fingerprint density at radius 2 is 1.62 bits per heavy atom. The Bertz CT molecular complexity index is 900. The van der Waals surface area contributed by atoms with Crippen LogP contribution in [0, 0.1) is 6.92 Å². The molecule has 1 heterocycles. The maximum Gasteiger partial charge on any atom is 0.198 e. The average Bonchev–Trinajstić information content (AvgIpc) is 3.48. The summed E-state index contributed by atoms with van der Waals surface area (Å²) in [4.78, 5) is 12.9. The summed E-state index contributed by atoms with van der Waals surface area (Å²) in [6.45, 7) is 2.47. The molecule has 1 saturated heterocycles. The van der Waals surface area contributed by atoms with Gasteiger partial charge in [-0.15, -0.1) is 0 Å². The molecule has 0 aliphatic carbocycles. The number of hydrogen-bond donors (Lipinski definition) is 0. The number of epoxide rings is 1. The van der Waals surface area contributed by atoms with Gasteiger partial charge in [0.25, 0.3) is 0 Å². The molecule has 0 spiro atoms. The first-order chi connectivity index (χ1) is 12.7. The van der Waals surface area contributed by atoms with Crippen molar-refractivity contribution in [3.63, 3.8) is 0 Å². The number of hydrogen-bond acceptors (Lipinski definition) is 3. The van der Waals surface area contributed by atoms with Crippen LogP contribution < -0.4 is 4.74 Å². The van der Waals surface area contributed by atoms with Gasteiger partial charge in [-0.25, -0.2) is 0 Å². The van der Waals surface area contributed by atoms with Crippen LogP contribution in [-0.4, -0.2) is 11.9 Å². The summed E-state index contributed by atoms with van der Waals surface area (Å²) in [7, 11) is 0. The number of aryl methyl sites for hydroxylation is 1. The second kappa shape index (κ2) is 7.14. The molecule has 0 N–H and O–H groups in total. The molecule has 3 aromatic carbocycles. The third kappa shape index (κ3) is 3.53. The molecule has 130 valence electrons. The van der Waals surface area contributed by atoms with Crippen LogP contribution >= 0.6 is 0 Å². The summed E-state index contributed by atoms with van der Waals surface area (Å²) in [6.07, 6.45) is -0.593. The van der Waals surface area contributed by atoms with Gasteiger partial charge in [-0.1, -0.05) is 72.3 Å². The van der Waals surface area contributed by atoms with Crippen molar-refractivity contribution in [2.75, 3.05) is 0 Å². The van der Waals surface area contributed by atoms with Crippen LogP contribution in [-0.2, 0) is 11.3 Å². The lowest BCUT2D eigenvalue weighted by Crippen LogP contribution is -2.10. The second-order valence-corrected chi connectivity index (χ2v) is 6.52. The van der Waals surface area contributed by atoms with Gasteiger partial charge < -0.3 is 9.47 Å². The summed E-state index contributed by atoms with van der Waals surface area (Å²) in [6, 6.07) is 25.4. The van der Waals surface area contributed by atoms with E-state index in [0.717, 1.165) is 11.1 Å². The molecule has 3 nitrogen and oxygen atoms in total. The van der Waals surface area contributed by atoms with E-state index in [1.165, 1.54) is 5.56 Å². The van der Waals surface area contributed by atoms with Crippen molar-refractivity contribution in [1.82, 2.24) is 0 Å². The molecule has 0 unspecified atom stereocenters. The molecule has 1 fully saturated rings. The zero-order chi connectivity index (χ0) is 17.9. The van der Waals surface area contributed by atoms with Crippen molar-refractivity contribution in [2.45, 2.75) is 25.7 Å². The van der Waals surface area contributed by atoms with E-state index < -0.39 is 6.10 Å². The monoisotopic (exact) mass is 344 g/mol. The Labute approximate surface area is 153 Å². The van der Waals surface area contributed by atoms with E-state index in [-0.39, 0.29) is 11.9 Å². The molecule has 0 amide bonds. The van der Waals surface area contributed by atoms with E-state index in [1.54, 1.807) is 6.07 Å². The highest BCUT2D eigenvalue weighted by Crippen LogP contribution is 2.41. The Kier molecular flexibility index (Phi) is 4.55. The number of ether oxygens (including phenoxy) is 2. The highest BCUT2D eigenvalue weighted by Gasteiger charge is 2.46. The first-order valence-corrected chi connectivity index (χ1v) is 8.74. The summed E-state index contributed by atoms with van der Waals surface area (Å²) in [5, 5.41) is 0. The molecular weight excluding hydrogens is 324 g/mol. The smallest absolute Gasteiger partial charge is 0.198 e. The Morgan fingerprint density at radius 1 is 0.923 bits per heavy atom. The largest absolute Gasteiger partial charge is 0.488 e. The van der Waals surface area contributed by atoms with Gasteiger partial charge in [0.1, 0.15) is 18.5 Å². The predicted molar refractivity (Wildman–Crippen MR) is 100 cm³/mol. The van der Waals surface area contributed by atoms with E-state index in [9.17, 15) is 4.79 Å². The summed E-state index contributed by atoms with van der Waals surface area (Å²) in [5.74, 6) is 0.568. The van der Waals surface area contributed by atoms with Crippen molar-refractivity contribution in [2.24, 2.45) is 0 Å². The molecule has 0 radical (unpaired) electrons. The van der Waals surface area contributed by atoms with E-state index in [4.69, 9.17) is 9.47 Å². The molecule has 2 atom stereocenters. The minimum atomic E-state index is -0.431. The maximum absolute atomic E-state index is 12.9. The SMILES string of the molecule is Cc1ccc([C@H]2O[C@@H]2C(=O)c2ccccc2OCc2ccccc2)cc1. The number of para-hydroxylation sites is 1. The summed E-state index contributed by atoms with van der Waals surface area (Å²) >= 11 is 0. The van der Waals surface area contributed by atoms with Gasteiger partial charge in [-0.3, -0.25) is 4.79 Å². The molecule has 3 aromatic rings. The fourth-order valence-corrected chi connectivity index (χ4v) is 3.01. The molecule has 4 rings (SSSR count). The fourth-order valence-electron chi connectivity index (χ4n) is 3.01. The number of carbonyl (C=O) groups is 1. The molecule has 1 aliphatic rings. The van der Waals surface area contributed by atoms with Gasteiger partial charge in [0.15, 0.2) is 11.9 Å². The van der Waals surface area contributed by atoms with Crippen molar-refractivity contribution in [1.29, 1.82) is 0 Å². The van der Waals surface area contributed by atoms with Crippen LogP contribution in [0.25, 0.3) is 0 Å². The fraction of sp³-hybridized carbons (Fsp3) is 0.174. The van der Waals surface area contributed by atoms with Gasteiger partial charge in [-0.2, -0.15) is 0 Å². The zero-order valence-electron chi connectivity index (χ0n) is 14.6. The third-order valence-corrected chi connectivity index (χ3v) is 4.55. The quantitative estimate of drug-likeness (QED) is 0.472. The summed E-state index contributed by atoms with van der Waals surface area (Å²) in [5.41, 5.74) is 3.87. The van der Waals surface area contributed by atoms with E-state index in [2.05, 4.69) is 0 Å². The lowest BCUT2D eigenvalue weighted by atomic mass is 10.0. The van der Waals surface area contributed by atoms with Crippen LogP contribution in [0.3, 0.4) is 0 Å². The Morgan fingerprint density at radius 3 is 2.38 bits per heavy atom. The Hall–Kier alpha value is -2.91. The number of benzene rings is 3. The Balaban J connectivity index is 1.48. The van der Waals surface area contributed by atoms with Crippen molar-refractivity contribution in [3.05, 3.63) is 101 Å².